The molecule has 1 unspecified atom stereocenters. The zero-order valence-corrected chi connectivity index (χ0v) is 17.7. The van der Waals surface area contributed by atoms with Crippen LogP contribution in [0.4, 0.5) is 14.9 Å². The summed E-state index contributed by atoms with van der Waals surface area (Å²) >= 11 is 0. The molecule has 8 heteroatoms. The van der Waals surface area contributed by atoms with Crippen LogP contribution in [0, 0.1) is 12.7 Å². The third kappa shape index (κ3) is 6.37. The number of ether oxygens (including phenoxy) is 2. The molecule has 0 fully saturated rings. The number of hydrogen-bond acceptors (Lipinski definition) is 4. The monoisotopic (exact) mass is 417 g/mol. The molecular formula is C22H28FN3O4. The minimum absolute atomic E-state index is 0.224. The Morgan fingerprint density at radius 1 is 1.07 bits per heavy atom. The Kier molecular flexibility index (Phi) is 8.46. The zero-order valence-electron chi connectivity index (χ0n) is 17.7. The predicted octanol–water partition coefficient (Wildman–Crippen LogP) is 3.76. The first-order valence-electron chi connectivity index (χ1n) is 9.70. The second kappa shape index (κ2) is 11.0. The van der Waals surface area contributed by atoms with E-state index in [0.717, 1.165) is 11.1 Å². The van der Waals surface area contributed by atoms with Crippen molar-refractivity contribution in [3.05, 3.63) is 53.3 Å². The maximum atomic E-state index is 13.0. The molecule has 0 aliphatic rings. The van der Waals surface area contributed by atoms with E-state index in [-0.39, 0.29) is 18.3 Å². The number of aryl methyl sites for hydroxylation is 1. The second-order valence-electron chi connectivity index (χ2n) is 6.81. The molecule has 0 saturated carbocycles. The fraction of sp³-hybridized carbons (Fsp3) is 0.364. The van der Waals surface area contributed by atoms with E-state index in [2.05, 4.69) is 16.0 Å². The highest BCUT2D eigenvalue weighted by atomic mass is 19.1. The maximum absolute atomic E-state index is 13.0. The molecule has 2 aromatic carbocycles. The Balaban J connectivity index is 2.01. The van der Waals surface area contributed by atoms with Gasteiger partial charge in [-0.2, -0.15) is 0 Å². The Morgan fingerprint density at radius 2 is 1.70 bits per heavy atom. The molecule has 2 rings (SSSR count). The van der Waals surface area contributed by atoms with Gasteiger partial charge in [-0.15, -0.1) is 0 Å². The van der Waals surface area contributed by atoms with Gasteiger partial charge in [-0.1, -0.05) is 25.5 Å². The lowest BCUT2D eigenvalue weighted by Crippen LogP contribution is -2.47. The van der Waals surface area contributed by atoms with E-state index >= 15 is 0 Å². The van der Waals surface area contributed by atoms with Crippen LogP contribution < -0.4 is 25.4 Å². The number of rotatable bonds is 9. The summed E-state index contributed by atoms with van der Waals surface area (Å²) in [4.78, 5) is 25.1. The Morgan fingerprint density at radius 3 is 2.30 bits per heavy atom. The van der Waals surface area contributed by atoms with Crippen LogP contribution in [-0.2, 0) is 11.3 Å². The van der Waals surface area contributed by atoms with Gasteiger partial charge in [-0.05, 0) is 42.7 Å². The summed E-state index contributed by atoms with van der Waals surface area (Å²) in [6.07, 6.45) is 1.18. The number of benzene rings is 2. The molecular weight excluding hydrogens is 389 g/mol. The minimum atomic E-state index is -0.712. The summed E-state index contributed by atoms with van der Waals surface area (Å²) < 4.78 is 23.5. The van der Waals surface area contributed by atoms with Crippen molar-refractivity contribution >= 4 is 17.6 Å². The topological polar surface area (TPSA) is 88.7 Å². The van der Waals surface area contributed by atoms with Crippen LogP contribution >= 0.6 is 0 Å². The van der Waals surface area contributed by atoms with E-state index in [0.29, 0.717) is 30.0 Å². The molecule has 7 nitrogen and oxygen atoms in total. The number of hydrogen-bond donors (Lipinski definition) is 3. The number of carbonyl (C=O) groups excluding carboxylic acids is 2. The molecule has 0 aromatic heterocycles. The first kappa shape index (κ1) is 23.0. The molecule has 2 aromatic rings. The highest BCUT2D eigenvalue weighted by Gasteiger charge is 2.21. The smallest absolute Gasteiger partial charge is 0.315 e. The summed E-state index contributed by atoms with van der Waals surface area (Å²) in [5.41, 5.74) is 2.13. The maximum Gasteiger partial charge on any atom is 0.315 e. The number of methoxy groups -OCH3 is 2. The number of carbonyl (C=O) groups is 2. The third-order valence-corrected chi connectivity index (χ3v) is 4.55. The lowest BCUT2D eigenvalue weighted by molar-refractivity contribution is -0.118. The number of nitrogens with one attached hydrogen (secondary N) is 3. The Bertz CT molecular complexity index is 871. The van der Waals surface area contributed by atoms with Gasteiger partial charge in [0.2, 0.25) is 5.91 Å². The van der Waals surface area contributed by atoms with E-state index in [1.54, 1.807) is 31.4 Å². The minimum Gasteiger partial charge on any atom is -0.493 e. The third-order valence-electron chi connectivity index (χ3n) is 4.55. The second-order valence-corrected chi connectivity index (χ2v) is 6.81. The van der Waals surface area contributed by atoms with E-state index in [9.17, 15) is 14.0 Å². The standard InChI is InChI=1S/C22H28FN3O4/c1-5-6-17(26-22(28)24-13-15-7-9-16(23)10-8-15)21(27)25-18-12-20(30-4)19(29-3)11-14(18)2/h7-12,17H,5-6,13H2,1-4H3,(H,25,27)(H2,24,26,28). The molecule has 30 heavy (non-hydrogen) atoms. The van der Waals surface area contributed by atoms with Crippen molar-refractivity contribution < 1.29 is 23.5 Å². The van der Waals surface area contributed by atoms with Crippen LogP contribution in [-0.4, -0.2) is 32.2 Å². The van der Waals surface area contributed by atoms with Gasteiger partial charge in [-0.25, -0.2) is 9.18 Å². The number of halogens is 1. The van der Waals surface area contributed by atoms with Crippen molar-refractivity contribution in [2.45, 2.75) is 39.3 Å². The molecule has 0 spiro atoms. The van der Waals surface area contributed by atoms with Crippen LogP contribution in [0.15, 0.2) is 36.4 Å². The first-order valence-corrected chi connectivity index (χ1v) is 9.70. The number of anilines is 1. The van der Waals surface area contributed by atoms with Gasteiger partial charge in [0, 0.05) is 18.3 Å². The lowest BCUT2D eigenvalue weighted by Gasteiger charge is -2.20. The van der Waals surface area contributed by atoms with Gasteiger partial charge in [0.05, 0.1) is 14.2 Å². The largest absolute Gasteiger partial charge is 0.493 e. The van der Waals surface area contributed by atoms with Gasteiger partial charge in [-0.3, -0.25) is 4.79 Å². The molecule has 0 aliphatic heterocycles. The van der Waals surface area contributed by atoms with E-state index in [4.69, 9.17) is 9.47 Å². The summed E-state index contributed by atoms with van der Waals surface area (Å²) in [5.74, 6) is 0.393. The van der Waals surface area contributed by atoms with E-state index in [1.807, 2.05) is 13.8 Å². The highest BCUT2D eigenvalue weighted by Crippen LogP contribution is 2.33. The molecule has 0 aliphatic carbocycles. The van der Waals surface area contributed by atoms with Crippen molar-refractivity contribution in [2.24, 2.45) is 0 Å². The van der Waals surface area contributed by atoms with Crippen LogP contribution in [0.5, 0.6) is 11.5 Å². The number of amides is 3. The highest BCUT2D eigenvalue weighted by molar-refractivity contribution is 5.97. The summed E-state index contributed by atoms with van der Waals surface area (Å²) in [5, 5.41) is 8.23. The van der Waals surface area contributed by atoms with Gasteiger partial charge in [0.15, 0.2) is 11.5 Å². The van der Waals surface area contributed by atoms with Gasteiger partial charge in [0.25, 0.3) is 0 Å². The summed E-state index contributed by atoms with van der Waals surface area (Å²) in [6, 6.07) is 8.10. The molecule has 162 valence electrons. The van der Waals surface area contributed by atoms with Gasteiger partial charge < -0.3 is 25.4 Å². The van der Waals surface area contributed by atoms with Crippen LogP contribution in [0.25, 0.3) is 0 Å². The Hall–Kier alpha value is -3.29. The molecule has 0 radical (unpaired) electrons. The van der Waals surface area contributed by atoms with E-state index in [1.165, 1.54) is 19.2 Å². The molecule has 1 atom stereocenters. The SMILES string of the molecule is CCCC(NC(=O)NCc1ccc(F)cc1)C(=O)Nc1cc(OC)c(OC)cc1C. The first-order chi connectivity index (χ1) is 14.4. The quantitative estimate of drug-likeness (QED) is 0.580. The van der Waals surface area contributed by atoms with Crippen molar-refractivity contribution in [2.75, 3.05) is 19.5 Å². The molecule has 3 amide bonds. The fourth-order valence-electron chi connectivity index (χ4n) is 2.89. The average Bonchev–Trinajstić information content (AvgIpc) is 2.74. The molecule has 3 N–H and O–H groups in total. The molecule has 0 heterocycles. The number of urea groups is 1. The van der Waals surface area contributed by atoms with Gasteiger partial charge >= 0.3 is 6.03 Å². The van der Waals surface area contributed by atoms with Crippen LogP contribution in [0.1, 0.15) is 30.9 Å². The molecule has 0 bridgehead atoms. The van der Waals surface area contributed by atoms with Crippen molar-refractivity contribution in [1.82, 2.24) is 10.6 Å². The van der Waals surface area contributed by atoms with E-state index < -0.39 is 12.1 Å². The zero-order chi connectivity index (χ0) is 22.1. The normalized spacial score (nSPS) is 11.4. The van der Waals surface area contributed by atoms with Crippen LogP contribution in [0.3, 0.4) is 0 Å². The van der Waals surface area contributed by atoms with Gasteiger partial charge in [0.1, 0.15) is 11.9 Å². The Labute approximate surface area is 176 Å². The van der Waals surface area contributed by atoms with Crippen molar-refractivity contribution in [1.29, 1.82) is 0 Å². The van der Waals surface area contributed by atoms with Crippen molar-refractivity contribution in [3.8, 4) is 11.5 Å². The lowest BCUT2D eigenvalue weighted by atomic mass is 10.1. The summed E-state index contributed by atoms with van der Waals surface area (Å²) in [7, 11) is 3.06. The fourth-order valence-corrected chi connectivity index (χ4v) is 2.89. The molecule has 0 saturated heterocycles. The predicted molar refractivity (Wildman–Crippen MR) is 113 cm³/mol. The van der Waals surface area contributed by atoms with Crippen LogP contribution in [0.2, 0.25) is 0 Å². The average molecular weight is 417 g/mol. The van der Waals surface area contributed by atoms with Crippen molar-refractivity contribution in [3.63, 3.8) is 0 Å². The summed E-state index contributed by atoms with van der Waals surface area (Å²) in [6.45, 7) is 4.00.